The van der Waals surface area contributed by atoms with Gasteiger partial charge in [0, 0.05) is 32.1 Å². The monoisotopic (exact) mass is 471 g/mol. The van der Waals surface area contributed by atoms with Crippen LogP contribution in [0.4, 0.5) is 17.3 Å². The second-order valence-corrected chi connectivity index (χ2v) is 9.80. The summed E-state index contributed by atoms with van der Waals surface area (Å²) in [6.45, 7) is 1.79. The van der Waals surface area contributed by atoms with Gasteiger partial charge in [0.15, 0.2) is 5.82 Å². The Hall–Kier alpha value is -3.56. The third-order valence-corrected chi connectivity index (χ3v) is 7.92. The van der Waals surface area contributed by atoms with Crippen molar-refractivity contribution in [3.63, 3.8) is 0 Å². The zero-order valence-electron chi connectivity index (χ0n) is 19.5. The summed E-state index contributed by atoms with van der Waals surface area (Å²) in [6, 6.07) is 12.0. The first-order chi connectivity index (χ1) is 17.0. The number of carbonyl (C=O) groups excluding carboxylic acids is 1. The molecule has 6 rings (SSSR count). The minimum absolute atomic E-state index is 0.0393. The molecule has 35 heavy (non-hydrogen) atoms. The van der Waals surface area contributed by atoms with E-state index in [1.807, 2.05) is 6.07 Å². The Kier molecular flexibility index (Phi) is 5.19. The van der Waals surface area contributed by atoms with E-state index in [1.165, 1.54) is 17.3 Å². The van der Waals surface area contributed by atoms with E-state index in [2.05, 4.69) is 44.1 Å². The van der Waals surface area contributed by atoms with Crippen molar-refractivity contribution in [3.05, 3.63) is 70.8 Å². The maximum atomic E-state index is 13.2. The molecule has 5 N–H and O–H groups in total. The lowest BCUT2D eigenvalue weighted by atomic mass is 9.73. The smallest absolute Gasteiger partial charge is 0.278 e. The van der Waals surface area contributed by atoms with E-state index in [9.17, 15) is 9.90 Å². The van der Waals surface area contributed by atoms with Crippen LogP contribution in [-0.4, -0.2) is 45.6 Å². The zero-order valence-corrected chi connectivity index (χ0v) is 19.5. The fourth-order valence-corrected chi connectivity index (χ4v) is 5.99. The number of nitrogen functional groups attached to an aromatic ring is 1. The molecular formula is C26H29N7O2. The van der Waals surface area contributed by atoms with Crippen LogP contribution in [0.5, 0.6) is 0 Å². The number of aliphatic hydroxyl groups is 1. The van der Waals surface area contributed by atoms with Gasteiger partial charge in [-0.05, 0) is 47.9 Å². The molecular weight excluding hydrogens is 442 g/mol. The maximum absolute atomic E-state index is 13.2. The lowest BCUT2D eigenvalue weighted by Crippen LogP contribution is -2.45. The standard InChI is InChI=1S/C26H29N7O2/c27-22-6-5-21-18(31-22)7-10-33(21)25(35)19-14-29-24(20(15-34)30-19)32-11-8-26(9-12-32)13-16-3-1-2-4-17(16)23(26)28/h1-6,14,23,34H,7-13,15,28H2,(H2,27,31)/t23-/m1/s1. The minimum Gasteiger partial charge on any atom is -0.390 e. The second kappa shape index (κ2) is 8.28. The van der Waals surface area contributed by atoms with Gasteiger partial charge in [-0.2, -0.15) is 0 Å². The van der Waals surface area contributed by atoms with Crippen molar-refractivity contribution in [3.8, 4) is 0 Å². The van der Waals surface area contributed by atoms with Crippen molar-refractivity contribution in [2.24, 2.45) is 11.1 Å². The van der Waals surface area contributed by atoms with Crippen LogP contribution in [0.3, 0.4) is 0 Å². The third kappa shape index (κ3) is 3.54. The summed E-state index contributed by atoms with van der Waals surface area (Å²) < 4.78 is 0. The highest BCUT2D eigenvalue weighted by atomic mass is 16.3. The number of nitrogens with zero attached hydrogens (tertiary/aromatic N) is 5. The van der Waals surface area contributed by atoms with Crippen LogP contribution in [0.15, 0.2) is 42.6 Å². The molecule has 1 aromatic carbocycles. The number of aromatic nitrogens is 3. The second-order valence-electron chi connectivity index (χ2n) is 9.80. The first kappa shape index (κ1) is 21.9. The van der Waals surface area contributed by atoms with Gasteiger partial charge in [0.2, 0.25) is 0 Å². The number of nitrogens with two attached hydrogens (primary N) is 2. The summed E-state index contributed by atoms with van der Waals surface area (Å²) in [5.41, 5.74) is 17.4. The van der Waals surface area contributed by atoms with Crippen LogP contribution in [0, 0.1) is 5.41 Å². The molecule has 4 heterocycles. The predicted molar refractivity (Wildman–Crippen MR) is 133 cm³/mol. The van der Waals surface area contributed by atoms with Crippen LogP contribution >= 0.6 is 0 Å². The molecule has 3 aromatic rings. The fourth-order valence-electron chi connectivity index (χ4n) is 5.99. The maximum Gasteiger partial charge on any atom is 0.278 e. The number of hydrogen-bond acceptors (Lipinski definition) is 8. The summed E-state index contributed by atoms with van der Waals surface area (Å²) in [4.78, 5) is 30.5. The molecule has 0 unspecified atom stereocenters. The van der Waals surface area contributed by atoms with E-state index < -0.39 is 0 Å². The molecule has 9 nitrogen and oxygen atoms in total. The van der Waals surface area contributed by atoms with Gasteiger partial charge in [0.25, 0.3) is 5.91 Å². The Morgan fingerprint density at radius 2 is 1.91 bits per heavy atom. The van der Waals surface area contributed by atoms with Gasteiger partial charge in [-0.3, -0.25) is 4.79 Å². The largest absolute Gasteiger partial charge is 0.390 e. The van der Waals surface area contributed by atoms with Crippen molar-refractivity contribution in [2.45, 2.75) is 38.3 Å². The number of piperidine rings is 1. The van der Waals surface area contributed by atoms with E-state index in [4.69, 9.17) is 11.5 Å². The zero-order chi connectivity index (χ0) is 24.2. The average molecular weight is 472 g/mol. The van der Waals surface area contributed by atoms with Gasteiger partial charge < -0.3 is 26.4 Å². The summed E-state index contributed by atoms with van der Waals surface area (Å²) in [5.74, 6) is 0.825. The van der Waals surface area contributed by atoms with Gasteiger partial charge in [-0.25, -0.2) is 15.0 Å². The average Bonchev–Trinajstić information content (AvgIpc) is 3.42. The van der Waals surface area contributed by atoms with Crippen LogP contribution in [0.1, 0.15) is 51.9 Å². The van der Waals surface area contributed by atoms with Gasteiger partial charge in [-0.15, -0.1) is 0 Å². The highest BCUT2D eigenvalue weighted by Crippen LogP contribution is 2.51. The van der Waals surface area contributed by atoms with Crippen molar-refractivity contribution in [1.82, 2.24) is 15.0 Å². The van der Waals surface area contributed by atoms with E-state index in [1.54, 1.807) is 11.0 Å². The number of anilines is 3. The van der Waals surface area contributed by atoms with E-state index in [0.717, 1.165) is 43.7 Å². The van der Waals surface area contributed by atoms with Crippen molar-refractivity contribution < 1.29 is 9.90 Å². The topological polar surface area (TPSA) is 134 Å². The molecule has 1 spiro atoms. The molecule has 2 aliphatic heterocycles. The minimum atomic E-state index is -0.287. The summed E-state index contributed by atoms with van der Waals surface area (Å²) in [5, 5.41) is 10.1. The van der Waals surface area contributed by atoms with Gasteiger partial charge in [0.1, 0.15) is 17.2 Å². The number of fused-ring (bicyclic) bond motifs is 2. The molecule has 1 aliphatic carbocycles. The molecule has 0 saturated carbocycles. The molecule has 0 radical (unpaired) electrons. The number of rotatable bonds is 3. The molecule has 180 valence electrons. The van der Waals surface area contributed by atoms with Gasteiger partial charge in [0.05, 0.1) is 24.2 Å². The number of benzene rings is 1. The number of aliphatic hydroxyl groups excluding tert-OH is 1. The highest BCUT2D eigenvalue weighted by Gasteiger charge is 2.46. The molecule has 9 heteroatoms. The van der Waals surface area contributed by atoms with Crippen LogP contribution in [0.25, 0.3) is 0 Å². The first-order valence-corrected chi connectivity index (χ1v) is 12.1. The van der Waals surface area contributed by atoms with Crippen LogP contribution in [-0.2, 0) is 19.4 Å². The quantitative estimate of drug-likeness (QED) is 0.528. The van der Waals surface area contributed by atoms with Crippen molar-refractivity contribution in [1.29, 1.82) is 0 Å². The molecule has 0 bridgehead atoms. The Labute approximate surface area is 203 Å². The number of hydrogen-bond donors (Lipinski definition) is 3. The number of carbonyl (C=O) groups is 1. The summed E-state index contributed by atoms with van der Waals surface area (Å²) in [7, 11) is 0. The fraction of sp³-hybridized carbons (Fsp3) is 0.385. The first-order valence-electron chi connectivity index (χ1n) is 12.1. The Morgan fingerprint density at radius 1 is 1.11 bits per heavy atom. The van der Waals surface area contributed by atoms with E-state index in [-0.39, 0.29) is 29.7 Å². The SMILES string of the molecule is Nc1ccc2c(n1)CCN2C(=O)c1cnc(N2CCC3(CC2)Cc2ccccc2[C@H]3N)c(CO)n1. The van der Waals surface area contributed by atoms with E-state index in [0.29, 0.717) is 30.3 Å². The molecule has 3 aliphatic rings. The van der Waals surface area contributed by atoms with Gasteiger partial charge in [-0.1, -0.05) is 24.3 Å². The van der Waals surface area contributed by atoms with E-state index >= 15 is 0 Å². The van der Waals surface area contributed by atoms with Gasteiger partial charge >= 0.3 is 0 Å². The third-order valence-electron chi connectivity index (χ3n) is 7.92. The molecule has 1 fully saturated rings. The van der Waals surface area contributed by atoms with Crippen molar-refractivity contribution in [2.75, 3.05) is 35.2 Å². The van der Waals surface area contributed by atoms with Crippen LogP contribution < -0.4 is 21.3 Å². The van der Waals surface area contributed by atoms with Crippen molar-refractivity contribution >= 4 is 23.2 Å². The Balaban J connectivity index is 1.20. The lowest BCUT2D eigenvalue weighted by molar-refractivity contribution is 0.0983. The number of pyridine rings is 1. The summed E-state index contributed by atoms with van der Waals surface area (Å²) >= 11 is 0. The molecule has 1 atom stereocenters. The Bertz CT molecular complexity index is 1300. The molecule has 2 aromatic heterocycles. The normalized spacial score (nSPS) is 20.2. The van der Waals surface area contributed by atoms with Crippen LogP contribution in [0.2, 0.25) is 0 Å². The summed E-state index contributed by atoms with van der Waals surface area (Å²) in [6.07, 6.45) is 5.04. The number of amides is 1. The Morgan fingerprint density at radius 3 is 2.69 bits per heavy atom. The lowest BCUT2D eigenvalue weighted by Gasteiger charge is -2.42. The molecule has 1 amide bonds. The predicted octanol–water partition coefficient (Wildman–Crippen LogP) is 1.99. The molecule has 1 saturated heterocycles. The highest BCUT2D eigenvalue weighted by molar-refractivity contribution is 6.05.